The number of nitrogens with zero attached hydrogens (tertiary/aromatic N) is 1. The van der Waals surface area contributed by atoms with Crippen molar-refractivity contribution in [2.24, 2.45) is 0 Å². The molecule has 0 saturated carbocycles. The van der Waals surface area contributed by atoms with Gasteiger partial charge in [-0.2, -0.15) is 0 Å². The lowest BCUT2D eigenvalue weighted by Gasteiger charge is -2.15. The molecular weight excluding hydrogens is 444 g/mol. The van der Waals surface area contributed by atoms with E-state index in [4.69, 9.17) is 14.2 Å². The summed E-state index contributed by atoms with van der Waals surface area (Å²) in [6.45, 7) is 4.89. The van der Waals surface area contributed by atoms with Crippen LogP contribution >= 0.6 is 0 Å². The Balaban J connectivity index is 1.70. The smallest absolute Gasteiger partial charge is 0.340 e. The molecule has 35 heavy (non-hydrogen) atoms. The summed E-state index contributed by atoms with van der Waals surface area (Å²) in [6, 6.07) is 18.9. The highest BCUT2D eigenvalue weighted by atomic mass is 16.5. The maximum absolute atomic E-state index is 13.2. The number of amides is 1. The molecule has 0 radical (unpaired) electrons. The maximum atomic E-state index is 13.2. The first-order valence-corrected chi connectivity index (χ1v) is 11.2. The lowest BCUT2D eigenvalue weighted by molar-refractivity contribution is 0.0601. The molecule has 1 heterocycles. The first-order chi connectivity index (χ1) is 16.9. The van der Waals surface area contributed by atoms with Crippen LogP contribution in [0.25, 0.3) is 10.9 Å². The highest BCUT2D eigenvalue weighted by Gasteiger charge is 2.20. The number of rotatable bonds is 7. The van der Waals surface area contributed by atoms with Crippen LogP contribution in [-0.2, 0) is 11.3 Å². The second-order valence-electron chi connectivity index (χ2n) is 8.21. The zero-order valence-corrected chi connectivity index (χ0v) is 20.5. The van der Waals surface area contributed by atoms with Crippen LogP contribution in [0.1, 0.15) is 37.5 Å². The van der Waals surface area contributed by atoms with Gasteiger partial charge in [-0.15, -0.1) is 0 Å². The fraction of sp³-hybridized carbons (Fsp3) is 0.214. The number of fused-ring (bicyclic) bond motifs is 1. The number of ether oxygens (including phenoxy) is 3. The van der Waals surface area contributed by atoms with E-state index in [1.54, 1.807) is 12.1 Å². The molecule has 0 unspecified atom stereocenters. The number of anilines is 1. The van der Waals surface area contributed by atoms with E-state index in [0.29, 0.717) is 17.1 Å². The SMILES string of the molecule is COC(=O)c1cc(OC)c(OC)cc1NC(=O)c1ccc2c(c1)c(C)c(C)n2Cc1ccccc1. The second kappa shape index (κ2) is 9.93. The van der Waals surface area contributed by atoms with Crippen LogP contribution in [0.2, 0.25) is 0 Å². The highest BCUT2D eigenvalue weighted by Crippen LogP contribution is 2.34. The molecule has 1 N–H and O–H groups in total. The van der Waals surface area contributed by atoms with E-state index in [-0.39, 0.29) is 17.2 Å². The lowest BCUT2D eigenvalue weighted by Crippen LogP contribution is -2.16. The van der Waals surface area contributed by atoms with Gasteiger partial charge in [-0.25, -0.2) is 4.79 Å². The predicted octanol–water partition coefficient (Wildman–Crippen LogP) is 5.36. The number of aryl methyl sites for hydroxylation is 1. The lowest BCUT2D eigenvalue weighted by atomic mass is 10.1. The van der Waals surface area contributed by atoms with Crippen molar-refractivity contribution in [3.63, 3.8) is 0 Å². The van der Waals surface area contributed by atoms with Gasteiger partial charge in [-0.3, -0.25) is 4.79 Å². The van der Waals surface area contributed by atoms with Crippen LogP contribution in [0.3, 0.4) is 0 Å². The Kier molecular flexibility index (Phi) is 6.78. The third kappa shape index (κ3) is 4.57. The average Bonchev–Trinajstić information content (AvgIpc) is 3.12. The van der Waals surface area contributed by atoms with E-state index in [0.717, 1.165) is 28.7 Å². The van der Waals surface area contributed by atoms with Gasteiger partial charge >= 0.3 is 5.97 Å². The number of aromatic nitrogens is 1. The number of esters is 1. The summed E-state index contributed by atoms with van der Waals surface area (Å²) in [7, 11) is 4.24. The standard InChI is InChI=1S/C28H28N2O5/c1-17-18(2)30(16-19-9-7-6-8-10-19)24-12-11-20(13-21(17)24)27(31)29-23-15-26(34-4)25(33-3)14-22(23)28(32)35-5/h6-15H,16H2,1-5H3,(H,29,31). The Morgan fingerprint density at radius 1 is 0.886 bits per heavy atom. The second-order valence-corrected chi connectivity index (χ2v) is 8.21. The Morgan fingerprint density at radius 2 is 1.57 bits per heavy atom. The van der Waals surface area contributed by atoms with E-state index in [2.05, 4.69) is 35.9 Å². The van der Waals surface area contributed by atoms with Crippen LogP contribution in [0.15, 0.2) is 60.7 Å². The quantitative estimate of drug-likeness (QED) is 0.366. The van der Waals surface area contributed by atoms with Gasteiger partial charge in [0, 0.05) is 40.8 Å². The Morgan fingerprint density at radius 3 is 2.23 bits per heavy atom. The Labute approximate surface area is 204 Å². The van der Waals surface area contributed by atoms with E-state index in [1.165, 1.54) is 33.0 Å². The largest absolute Gasteiger partial charge is 0.493 e. The normalized spacial score (nSPS) is 10.8. The first kappa shape index (κ1) is 23.9. The van der Waals surface area contributed by atoms with Gasteiger partial charge in [0.05, 0.1) is 32.6 Å². The molecule has 1 amide bonds. The molecule has 0 aliphatic heterocycles. The van der Waals surface area contributed by atoms with Gasteiger partial charge in [-0.1, -0.05) is 30.3 Å². The van der Waals surface area contributed by atoms with Gasteiger partial charge in [0.15, 0.2) is 11.5 Å². The van der Waals surface area contributed by atoms with E-state index >= 15 is 0 Å². The molecule has 180 valence electrons. The van der Waals surface area contributed by atoms with Crippen LogP contribution in [0.4, 0.5) is 5.69 Å². The van der Waals surface area contributed by atoms with Crippen molar-refractivity contribution in [2.75, 3.05) is 26.6 Å². The molecule has 1 aromatic heterocycles. The molecule has 0 bridgehead atoms. The topological polar surface area (TPSA) is 78.8 Å². The fourth-order valence-corrected chi connectivity index (χ4v) is 4.22. The molecule has 0 aliphatic rings. The maximum Gasteiger partial charge on any atom is 0.340 e. The number of nitrogens with one attached hydrogen (secondary N) is 1. The van der Waals surface area contributed by atoms with E-state index in [9.17, 15) is 9.59 Å². The zero-order valence-electron chi connectivity index (χ0n) is 20.5. The molecule has 7 nitrogen and oxygen atoms in total. The molecule has 3 aromatic carbocycles. The zero-order chi connectivity index (χ0) is 25.1. The van der Waals surface area contributed by atoms with Crippen molar-refractivity contribution in [1.82, 2.24) is 4.57 Å². The van der Waals surface area contributed by atoms with Gasteiger partial charge < -0.3 is 24.1 Å². The van der Waals surface area contributed by atoms with Crippen LogP contribution in [0.5, 0.6) is 11.5 Å². The summed E-state index contributed by atoms with van der Waals surface area (Å²) in [6.07, 6.45) is 0. The number of methoxy groups -OCH3 is 3. The molecule has 7 heteroatoms. The van der Waals surface area contributed by atoms with E-state index < -0.39 is 5.97 Å². The van der Waals surface area contributed by atoms with Crippen LogP contribution < -0.4 is 14.8 Å². The number of hydrogen-bond acceptors (Lipinski definition) is 5. The summed E-state index contributed by atoms with van der Waals surface area (Å²) in [5.41, 5.74) is 5.44. The number of carbonyl (C=O) groups excluding carboxylic acids is 2. The Hall–Kier alpha value is -4.26. The minimum atomic E-state index is -0.596. The molecular formula is C28H28N2O5. The van der Waals surface area contributed by atoms with Crippen molar-refractivity contribution in [3.05, 3.63) is 88.6 Å². The molecule has 4 aromatic rings. The number of hydrogen-bond donors (Lipinski definition) is 1. The highest BCUT2D eigenvalue weighted by molar-refractivity contribution is 6.10. The summed E-state index contributed by atoms with van der Waals surface area (Å²) >= 11 is 0. The minimum absolute atomic E-state index is 0.167. The predicted molar refractivity (Wildman–Crippen MR) is 136 cm³/mol. The third-order valence-corrected chi connectivity index (χ3v) is 6.26. The molecule has 0 spiro atoms. The van der Waals surface area contributed by atoms with Crippen molar-refractivity contribution in [2.45, 2.75) is 20.4 Å². The molecule has 4 rings (SSSR count). The fourth-order valence-electron chi connectivity index (χ4n) is 4.22. The third-order valence-electron chi connectivity index (χ3n) is 6.26. The molecule has 0 aliphatic carbocycles. The van der Waals surface area contributed by atoms with Crippen LogP contribution in [-0.4, -0.2) is 37.8 Å². The summed E-state index contributed by atoms with van der Waals surface area (Å²) in [5.74, 6) is -0.202. The van der Waals surface area contributed by atoms with Gasteiger partial charge in [0.1, 0.15) is 0 Å². The Bertz CT molecular complexity index is 1410. The monoisotopic (exact) mass is 472 g/mol. The van der Waals surface area contributed by atoms with E-state index in [1.807, 2.05) is 30.3 Å². The van der Waals surface area contributed by atoms with Crippen molar-refractivity contribution < 1.29 is 23.8 Å². The number of benzene rings is 3. The van der Waals surface area contributed by atoms with Gasteiger partial charge in [0.25, 0.3) is 5.91 Å². The van der Waals surface area contributed by atoms with Crippen molar-refractivity contribution >= 4 is 28.5 Å². The first-order valence-electron chi connectivity index (χ1n) is 11.2. The molecule has 0 atom stereocenters. The molecule has 0 saturated heterocycles. The average molecular weight is 473 g/mol. The molecule has 0 fully saturated rings. The minimum Gasteiger partial charge on any atom is -0.493 e. The van der Waals surface area contributed by atoms with Gasteiger partial charge in [-0.05, 0) is 43.2 Å². The summed E-state index contributed by atoms with van der Waals surface area (Å²) in [5, 5.41) is 3.84. The van der Waals surface area contributed by atoms with Crippen LogP contribution in [0, 0.1) is 13.8 Å². The summed E-state index contributed by atoms with van der Waals surface area (Å²) < 4.78 is 17.8. The summed E-state index contributed by atoms with van der Waals surface area (Å²) in [4.78, 5) is 25.6. The van der Waals surface area contributed by atoms with Gasteiger partial charge in [0.2, 0.25) is 0 Å². The van der Waals surface area contributed by atoms with Crippen molar-refractivity contribution in [1.29, 1.82) is 0 Å². The van der Waals surface area contributed by atoms with Crippen molar-refractivity contribution in [3.8, 4) is 11.5 Å². The number of carbonyl (C=O) groups is 2.